The number of carboxylic acid groups (broad SMARTS) is 2. The first-order valence-electron chi connectivity index (χ1n) is 20.0. The molecule has 1 fully saturated rings. The summed E-state index contributed by atoms with van der Waals surface area (Å²) in [5.41, 5.74) is 11.4. The van der Waals surface area contributed by atoms with Crippen molar-refractivity contribution < 1.29 is 68.1 Å². The van der Waals surface area contributed by atoms with E-state index in [9.17, 15) is 54.0 Å². The predicted octanol–water partition coefficient (Wildman–Crippen LogP) is -0.474. The number of amides is 4. The van der Waals surface area contributed by atoms with Gasteiger partial charge in [-0.2, -0.15) is 0 Å². The smallest absolute Gasteiger partial charge is 0.404 e. The van der Waals surface area contributed by atoms with Crippen molar-refractivity contribution in [2.24, 2.45) is 23.3 Å². The van der Waals surface area contributed by atoms with Crippen molar-refractivity contribution in [1.82, 2.24) is 25.9 Å². The van der Waals surface area contributed by atoms with Crippen molar-refractivity contribution >= 4 is 35.8 Å². The maximum atomic E-state index is 14.5. The largest absolute Gasteiger partial charge is 0.497 e. The molecule has 0 spiro atoms. The minimum atomic E-state index is -2.19. The van der Waals surface area contributed by atoms with Crippen LogP contribution in [0, 0.1) is 11.8 Å². The maximum Gasteiger partial charge on any atom is 0.404 e. The van der Waals surface area contributed by atoms with Crippen molar-refractivity contribution in [3.63, 3.8) is 0 Å². The number of primary amides is 1. The Morgan fingerprint density at radius 2 is 1.49 bits per heavy atom. The molecule has 2 aromatic rings. The van der Waals surface area contributed by atoms with Gasteiger partial charge in [-0.3, -0.25) is 14.4 Å². The van der Waals surface area contributed by atoms with Crippen LogP contribution in [-0.4, -0.2) is 128 Å². The molecular weight excluding hydrogens is 806 g/mol. The fourth-order valence-corrected chi connectivity index (χ4v) is 6.65. The number of aromatic nitrogens is 2. The third-order valence-corrected chi connectivity index (χ3v) is 10.6. The van der Waals surface area contributed by atoms with Crippen LogP contribution in [0.1, 0.15) is 83.6 Å². The Hall–Kier alpha value is -5.55. The summed E-state index contributed by atoms with van der Waals surface area (Å²) < 4.78 is 21.3. The lowest BCUT2D eigenvalue weighted by Crippen LogP contribution is -2.63. The highest BCUT2D eigenvalue weighted by Gasteiger charge is 2.52. The van der Waals surface area contributed by atoms with Gasteiger partial charge in [-0.15, -0.1) is 0 Å². The number of ether oxygens (including phenoxy) is 4. The van der Waals surface area contributed by atoms with E-state index in [2.05, 4.69) is 25.9 Å². The molecule has 0 radical (unpaired) electrons. The fraction of sp³-hybridized carbons (Fsp3) is 0.615. The number of benzene rings is 1. The number of aliphatic hydroxyl groups is 2. The summed E-state index contributed by atoms with van der Waals surface area (Å²) in [5.74, 6) is -6.16. The van der Waals surface area contributed by atoms with Gasteiger partial charge < -0.3 is 76.8 Å². The van der Waals surface area contributed by atoms with Gasteiger partial charge in [0.15, 0.2) is 18.5 Å². The number of nitrogens with two attached hydrogens (primary N) is 2. The molecule has 3 rings (SSSR count). The monoisotopic (exact) mass is 865 g/mol. The van der Waals surface area contributed by atoms with Crippen LogP contribution < -0.4 is 37.8 Å². The van der Waals surface area contributed by atoms with Gasteiger partial charge in [0.1, 0.15) is 42.2 Å². The Kier molecular flexibility index (Phi) is 19.1. The number of rotatable bonds is 24. The molecule has 1 unspecified atom stereocenters. The van der Waals surface area contributed by atoms with E-state index in [4.69, 9.17) is 30.4 Å². The number of aliphatic carboxylic acids is 2. The SMILES string of the molecule is CC[C@H](C)[C@H](NC(=O)[C@@H](NC(=O)[C@H](NC(=O)CCCCC(N)Cc1ccc(OC)cc1)[C@@H](O[C@@H]1O[C@@H](C(=O)O)[C@@H](O)[C@H](OC(N)=O)[C@H]1O)c1c[nH]c(=O)[nH]1)[C@@H](C)CC)C(=O)O. The molecular formula is C39H59N7O15. The number of methoxy groups -OCH3 is 1. The first kappa shape index (κ1) is 49.8. The number of hydrogen-bond acceptors (Lipinski definition) is 14. The highest BCUT2D eigenvalue weighted by Crippen LogP contribution is 2.31. The van der Waals surface area contributed by atoms with Crippen LogP contribution in [0.15, 0.2) is 35.3 Å². The number of aromatic amines is 2. The minimum Gasteiger partial charge on any atom is -0.497 e. The van der Waals surface area contributed by atoms with E-state index in [1.54, 1.807) is 34.8 Å². The van der Waals surface area contributed by atoms with Crippen molar-refractivity contribution in [1.29, 1.82) is 0 Å². The van der Waals surface area contributed by atoms with Crippen molar-refractivity contribution in [3.8, 4) is 5.75 Å². The first-order chi connectivity index (χ1) is 28.8. The van der Waals surface area contributed by atoms with Gasteiger partial charge in [0.05, 0.1) is 12.8 Å². The zero-order chi connectivity index (χ0) is 45.6. The van der Waals surface area contributed by atoms with Crippen molar-refractivity contribution in [3.05, 3.63) is 52.2 Å². The number of unbranched alkanes of at least 4 members (excludes halogenated alkanes) is 1. The average Bonchev–Trinajstić information content (AvgIpc) is 3.65. The van der Waals surface area contributed by atoms with E-state index in [0.29, 0.717) is 44.3 Å². The molecule has 0 aliphatic carbocycles. The molecule has 340 valence electrons. The van der Waals surface area contributed by atoms with Crippen LogP contribution in [0.25, 0.3) is 0 Å². The van der Waals surface area contributed by atoms with Crippen LogP contribution in [-0.2, 0) is 44.6 Å². The van der Waals surface area contributed by atoms with Gasteiger partial charge in [0.2, 0.25) is 17.7 Å². The zero-order valence-corrected chi connectivity index (χ0v) is 34.7. The summed E-state index contributed by atoms with van der Waals surface area (Å²) in [5, 5.41) is 49.0. The first-order valence-corrected chi connectivity index (χ1v) is 20.0. The summed E-state index contributed by atoms with van der Waals surface area (Å²) in [6.45, 7) is 6.71. The number of imidazole rings is 1. The molecule has 22 nitrogen and oxygen atoms in total. The Balaban J connectivity index is 1.97. The molecule has 22 heteroatoms. The number of carboxylic acids is 2. The van der Waals surface area contributed by atoms with Gasteiger partial charge in [0.25, 0.3) is 0 Å². The Bertz CT molecular complexity index is 1840. The predicted molar refractivity (Wildman–Crippen MR) is 213 cm³/mol. The Labute approximate surface area is 351 Å². The standard InChI is InChI=1S/C39H59N7O15/c1-6-18(3)25(33(50)46-26(35(52)53)19(4)7-2)45-34(51)27(44-24(47)11-9-8-10-21(40)16-20-12-14-22(58-5)15-13-20)30(23-17-42-39(57)43-23)59-37-29(49)31(61-38(41)56)28(48)32(60-37)36(54)55/h12-15,17-19,21,25-32,37,48-49H,6-11,16,40H2,1-5H3,(H2,41,56)(H,44,47)(H,45,51)(H,46,50)(H,52,53)(H,54,55)(H2,42,43,57)/t18-,19-,21?,25-,26-,27+,28-,29+,30-,31-,32+,37+/m0/s1. The lowest BCUT2D eigenvalue weighted by atomic mass is 9.94. The molecule has 2 heterocycles. The molecule has 0 bridgehead atoms. The summed E-state index contributed by atoms with van der Waals surface area (Å²) in [7, 11) is 1.56. The maximum absolute atomic E-state index is 14.5. The van der Waals surface area contributed by atoms with Gasteiger partial charge >= 0.3 is 23.7 Å². The van der Waals surface area contributed by atoms with E-state index >= 15 is 0 Å². The molecule has 1 aliphatic rings. The van der Waals surface area contributed by atoms with Crippen LogP contribution in [0.4, 0.5) is 4.79 Å². The molecule has 12 atom stereocenters. The second-order valence-corrected chi connectivity index (χ2v) is 15.1. The number of H-pyrrole nitrogens is 2. The number of carbonyl (C=O) groups excluding carboxylic acids is 4. The van der Waals surface area contributed by atoms with E-state index in [1.165, 1.54) is 0 Å². The summed E-state index contributed by atoms with van der Waals surface area (Å²) in [6, 6.07) is 2.56. The normalized spacial score (nSPS) is 22.3. The Morgan fingerprint density at radius 3 is 2.03 bits per heavy atom. The molecule has 1 aromatic carbocycles. The van der Waals surface area contributed by atoms with Crippen molar-refractivity contribution in [2.45, 2.75) is 134 Å². The quantitative estimate of drug-likeness (QED) is 0.0594. The fourth-order valence-electron chi connectivity index (χ4n) is 6.65. The number of carbonyl (C=O) groups is 6. The molecule has 13 N–H and O–H groups in total. The minimum absolute atomic E-state index is 0.162. The Morgan fingerprint density at radius 1 is 0.885 bits per heavy atom. The molecule has 1 aromatic heterocycles. The third kappa shape index (κ3) is 14.3. The van der Waals surface area contributed by atoms with E-state index in [-0.39, 0.29) is 18.2 Å². The molecule has 1 saturated heterocycles. The van der Waals surface area contributed by atoms with E-state index in [0.717, 1.165) is 11.8 Å². The molecule has 61 heavy (non-hydrogen) atoms. The van der Waals surface area contributed by atoms with Crippen LogP contribution >= 0.6 is 0 Å². The highest BCUT2D eigenvalue weighted by molar-refractivity contribution is 5.94. The topological polar surface area (TPSA) is 357 Å². The third-order valence-electron chi connectivity index (χ3n) is 10.6. The van der Waals surface area contributed by atoms with Crippen molar-refractivity contribution in [2.75, 3.05) is 7.11 Å². The lowest BCUT2D eigenvalue weighted by molar-refractivity contribution is -0.306. The second kappa shape index (κ2) is 23.4. The van der Waals surface area contributed by atoms with E-state index < -0.39 is 108 Å². The number of aliphatic hydroxyl groups excluding tert-OH is 2. The number of hydrogen-bond donors (Lipinski definition) is 11. The zero-order valence-electron chi connectivity index (χ0n) is 34.7. The molecule has 1 aliphatic heterocycles. The summed E-state index contributed by atoms with van der Waals surface area (Å²) >= 11 is 0. The average molecular weight is 866 g/mol. The van der Waals surface area contributed by atoms with Gasteiger partial charge in [-0.1, -0.05) is 59.1 Å². The van der Waals surface area contributed by atoms with Crippen LogP contribution in [0.3, 0.4) is 0 Å². The lowest BCUT2D eigenvalue weighted by Gasteiger charge is -2.41. The number of nitrogens with one attached hydrogen (secondary N) is 5. The molecule has 4 amide bonds. The summed E-state index contributed by atoms with van der Waals surface area (Å²) in [4.78, 5) is 94.9. The highest BCUT2D eigenvalue weighted by atomic mass is 16.7. The second-order valence-electron chi connectivity index (χ2n) is 15.1. The van der Waals surface area contributed by atoms with E-state index in [1.807, 2.05) is 24.3 Å². The molecule has 0 saturated carbocycles. The van der Waals surface area contributed by atoms with Crippen LogP contribution in [0.5, 0.6) is 5.75 Å². The van der Waals surface area contributed by atoms with Gasteiger partial charge in [0, 0.05) is 18.7 Å². The van der Waals surface area contributed by atoms with Gasteiger partial charge in [-0.05, 0) is 48.8 Å². The van der Waals surface area contributed by atoms with Gasteiger partial charge in [-0.25, -0.2) is 19.2 Å². The summed E-state index contributed by atoms with van der Waals surface area (Å²) in [6.07, 6.45) is -10.6. The van der Waals surface area contributed by atoms with Crippen LogP contribution in [0.2, 0.25) is 0 Å².